The Kier molecular flexibility index (Phi) is 5.94. The number of fused-ring (bicyclic) bond motifs is 4. The van der Waals surface area contributed by atoms with Crippen molar-refractivity contribution >= 4 is 23.7 Å². The third kappa shape index (κ3) is 4.34. The molecular formula is C28H22N2O5. The van der Waals surface area contributed by atoms with Crippen LogP contribution >= 0.6 is 0 Å². The van der Waals surface area contributed by atoms with Crippen LogP contribution in [0.3, 0.4) is 0 Å². The molecule has 174 valence electrons. The Balaban J connectivity index is 1.15. The summed E-state index contributed by atoms with van der Waals surface area (Å²) in [5.74, 6) is 3.76. The smallest absolute Gasteiger partial charge is 0.407 e. The molecule has 3 aromatic rings. The number of alkyl carbamates (subject to hydrolysis) is 1. The fraction of sp³-hybridized carbons (Fsp3) is 0.179. The van der Waals surface area contributed by atoms with E-state index in [9.17, 15) is 14.4 Å². The Morgan fingerprint density at radius 3 is 2.37 bits per heavy atom. The van der Waals surface area contributed by atoms with Crippen LogP contribution in [0.4, 0.5) is 10.5 Å². The standard InChI is InChI=1S/C28H22N2O5/c31-26(30-15-13-18-16-19(27(32)33)11-12-25(18)30)10-5-14-29-28(34)35-17-24-22-8-3-1-6-20(22)21-7-2-4-9-23(21)24/h1-4,6-9,11-12,16,24H,13-15,17H2,(H,29,34)(H,32,33). The van der Waals surface area contributed by atoms with Gasteiger partial charge in [0.1, 0.15) is 6.61 Å². The van der Waals surface area contributed by atoms with Gasteiger partial charge in [-0.1, -0.05) is 54.5 Å². The molecule has 0 saturated carbocycles. The van der Waals surface area contributed by atoms with Crippen molar-refractivity contribution < 1.29 is 24.2 Å². The van der Waals surface area contributed by atoms with Crippen molar-refractivity contribution in [2.24, 2.45) is 0 Å². The minimum absolute atomic E-state index is 0.0267. The summed E-state index contributed by atoms with van der Waals surface area (Å²) in [7, 11) is 0. The predicted octanol–water partition coefficient (Wildman–Crippen LogP) is 3.82. The first-order chi connectivity index (χ1) is 17.0. The molecule has 2 aliphatic rings. The Bertz CT molecular complexity index is 1360. The number of aromatic carboxylic acids is 1. The molecule has 0 fully saturated rings. The van der Waals surface area contributed by atoms with E-state index in [1.807, 2.05) is 24.3 Å². The van der Waals surface area contributed by atoms with Gasteiger partial charge >= 0.3 is 18.0 Å². The van der Waals surface area contributed by atoms with Gasteiger partial charge in [0, 0.05) is 18.2 Å². The van der Waals surface area contributed by atoms with Crippen LogP contribution in [0, 0.1) is 11.8 Å². The van der Waals surface area contributed by atoms with Gasteiger partial charge in [-0.05, 0) is 58.4 Å². The maximum absolute atomic E-state index is 12.5. The first kappa shape index (κ1) is 22.2. The molecule has 3 aromatic carbocycles. The number of ether oxygens (including phenoxy) is 1. The molecule has 0 atom stereocenters. The van der Waals surface area contributed by atoms with Crippen molar-refractivity contribution in [1.29, 1.82) is 0 Å². The number of benzene rings is 3. The van der Waals surface area contributed by atoms with Crippen molar-refractivity contribution in [2.75, 3.05) is 24.6 Å². The van der Waals surface area contributed by atoms with E-state index in [0.717, 1.165) is 27.8 Å². The first-order valence-electron chi connectivity index (χ1n) is 11.3. The lowest BCUT2D eigenvalue weighted by atomic mass is 9.98. The molecule has 7 nitrogen and oxygen atoms in total. The van der Waals surface area contributed by atoms with Crippen LogP contribution in [-0.4, -0.2) is 42.8 Å². The van der Waals surface area contributed by atoms with E-state index in [2.05, 4.69) is 41.4 Å². The molecule has 1 aliphatic carbocycles. The van der Waals surface area contributed by atoms with Crippen LogP contribution in [0.2, 0.25) is 0 Å². The molecule has 35 heavy (non-hydrogen) atoms. The molecule has 2 amide bonds. The van der Waals surface area contributed by atoms with Gasteiger partial charge in [0.25, 0.3) is 0 Å². The number of carboxylic acids is 1. The second kappa shape index (κ2) is 9.35. The Labute approximate surface area is 202 Å². The largest absolute Gasteiger partial charge is 0.478 e. The fourth-order valence-electron chi connectivity index (χ4n) is 4.70. The first-order valence-corrected chi connectivity index (χ1v) is 11.3. The number of anilines is 1. The Morgan fingerprint density at radius 1 is 1.00 bits per heavy atom. The van der Waals surface area contributed by atoms with Crippen LogP contribution in [0.25, 0.3) is 11.1 Å². The van der Waals surface area contributed by atoms with Gasteiger partial charge in [-0.2, -0.15) is 0 Å². The number of carboxylic acid groups (broad SMARTS) is 1. The van der Waals surface area contributed by atoms with Crippen molar-refractivity contribution in [3.05, 3.63) is 89.0 Å². The summed E-state index contributed by atoms with van der Waals surface area (Å²) < 4.78 is 5.46. The van der Waals surface area contributed by atoms with Gasteiger partial charge in [-0.25, -0.2) is 9.59 Å². The highest BCUT2D eigenvalue weighted by Gasteiger charge is 2.29. The SMILES string of the molecule is O=C(NCC#CC(=O)N1CCc2cc(C(=O)O)ccc21)OCC1c2ccccc2-c2ccccc21. The molecule has 0 bridgehead atoms. The summed E-state index contributed by atoms with van der Waals surface area (Å²) >= 11 is 0. The number of hydrogen-bond acceptors (Lipinski definition) is 4. The molecular weight excluding hydrogens is 444 g/mol. The Hall–Kier alpha value is -4.57. The van der Waals surface area contributed by atoms with Crippen LogP contribution in [-0.2, 0) is 16.0 Å². The van der Waals surface area contributed by atoms with Crippen LogP contribution in [0.5, 0.6) is 0 Å². The number of rotatable bonds is 4. The van der Waals surface area contributed by atoms with Gasteiger partial charge in [0.05, 0.1) is 12.1 Å². The molecule has 7 heteroatoms. The third-order valence-corrected chi connectivity index (χ3v) is 6.33. The van der Waals surface area contributed by atoms with Crippen LogP contribution in [0.15, 0.2) is 66.7 Å². The number of nitrogens with zero attached hydrogens (tertiary/aromatic N) is 1. The van der Waals surface area contributed by atoms with Crippen molar-refractivity contribution in [2.45, 2.75) is 12.3 Å². The summed E-state index contributed by atoms with van der Waals surface area (Å²) in [6.45, 7) is 0.613. The summed E-state index contributed by atoms with van der Waals surface area (Å²) in [4.78, 5) is 37.4. The molecule has 0 spiro atoms. The molecule has 0 aromatic heterocycles. The zero-order chi connectivity index (χ0) is 24.4. The second-order valence-electron chi connectivity index (χ2n) is 8.34. The summed E-state index contributed by atoms with van der Waals surface area (Å²) in [5.41, 5.74) is 6.24. The minimum atomic E-state index is -1.00. The van der Waals surface area contributed by atoms with Gasteiger partial charge in [0.2, 0.25) is 0 Å². The van der Waals surface area contributed by atoms with Gasteiger partial charge in [0.15, 0.2) is 0 Å². The average molecular weight is 466 g/mol. The van der Waals surface area contributed by atoms with E-state index in [-0.39, 0.29) is 24.6 Å². The van der Waals surface area contributed by atoms with Crippen molar-refractivity contribution in [3.8, 4) is 23.0 Å². The van der Waals surface area contributed by atoms with Gasteiger partial charge in [-0.3, -0.25) is 4.79 Å². The van der Waals surface area contributed by atoms with Crippen molar-refractivity contribution in [1.82, 2.24) is 5.32 Å². The molecule has 0 saturated heterocycles. The number of carbonyl (C=O) groups excluding carboxylic acids is 2. The van der Waals surface area contributed by atoms with E-state index >= 15 is 0 Å². The Morgan fingerprint density at radius 2 is 1.69 bits per heavy atom. The second-order valence-corrected chi connectivity index (χ2v) is 8.34. The summed E-state index contributed by atoms with van der Waals surface area (Å²) in [6.07, 6.45) is -0.0247. The number of hydrogen-bond donors (Lipinski definition) is 2. The lowest BCUT2D eigenvalue weighted by Crippen LogP contribution is -2.28. The average Bonchev–Trinajstić information content (AvgIpc) is 3.44. The van der Waals surface area contributed by atoms with E-state index in [1.54, 1.807) is 12.1 Å². The highest BCUT2D eigenvalue weighted by molar-refractivity contribution is 6.07. The topological polar surface area (TPSA) is 95.9 Å². The number of nitrogens with one attached hydrogen (secondary N) is 1. The van der Waals surface area contributed by atoms with Gasteiger partial charge < -0.3 is 20.1 Å². The fourth-order valence-corrected chi connectivity index (χ4v) is 4.70. The molecule has 0 radical (unpaired) electrons. The highest BCUT2D eigenvalue weighted by atomic mass is 16.5. The molecule has 2 N–H and O–H groups in total. The van der Waals surface area contributed by atoms with Gasteiger partial charge in [-0.15, -0.1) is 0 Å². The van der Waals surface area contributed by atoms with Crippen LogP contribution in [0.1, 0.15) is 33.0 Å². The zero-order valence-corrected chi connectivity index (χ0v) is 18.8. The van der Waals surface area contributed by atoms with E-state index in [1.165, 1.54) is 11.0 Å². The molecule has 1 heterocycles. The quantitative estimate of drug-likeness (QED) is 0.570. The zero-order valence-electron chi connectivity index (χ0n) is 18.8. The highest BCUT2D eigenvalue weighted by Crippen LogP contribution is 2.44. The normalized spacial score (nSPS) is 13.2. The minimum Gasteiger partial charge on any atom is -0.478 e. The van der Waals surface area contributed by atoms with Crippen LogP contribution < -0.4 is 10.2 Å². The van der Waals surface area contributed by atoms with E-state index in [4.69, 9.17) is 9.84 Å². The number of amides is 2. The molecule has 1 aliphatic heterocycles. The summed E-state index contributed by atoms with van der Waals surface area (Å²) in [5, 5.41) is 11.7. The monoisotopic (exact) mass is 466 g/mol. The van der Waals surface area contributed by atoms with E-state index < -0.39 is 18.0 Å². The third-order valence-electron chi connectivity index (χ3n) is 6.33. The maximum atomic E-state index is 12.5. The molecule has 0 unspecified atom stereocenters. The van der Waals surface area contributed by atoms with Crippen molar-refractivity contribution in [3.63, 3.8) is 0 Å². The lowest BCUT2D eigenvalue weighted by Gasteiger charge is -2.14. The predicted molar refractivity (Wildman–Crippen MR) is 130 cm³/mol. The summed E-state index contributed by atoms with van der Waals surface area (Å²) in [6, 6.07) is 20.9. The maximum Gasteiger partial charge on any atom is 0.407 e. The number of carbonyl (C=O) groups is 3. The van der Waals surface area contributed by atoms with E-state index in [0.29, 0.717) is 18.7 Å². The molecule has 5 rings (SSSR count). The lowest BCUT2D eigenvalue weighted by molar-refractivity contribution is -0.113.